The van der Waals surface area contributed by atoms with Gasteiger partial charge in [-0.25, -0.2) is 0 Å². The maximum atomic E-state index is 6.25. The van der Waals surface area contributed by atoms with E-state index in [2.05, 4.69) is 33.0 Å². The first-order valence-electron chi connectivity index (χ1n) is 9.04. The van der Waals surface area contributed by atoms with Gasteiger partial charge in [0.2, 0.25) is 0 Å². The minimum absolute atomic E-state index is 0.447. The first-order valence-corrected chi connectivity index (χ1v) is 9.04. The summed E-state index contributed by atoms with van der Waals surface area (Å²) < 4.78 is 6.25. The lowest BCUT2D eigenvalue weighted by Gasteiger charge is -2.38. The molecule has 3 unspecified atom stereocenters. The highest BCUT2D eigenvalue weighted by molar-refractivity contribution is 4.86. The van der Waals surface area contributed by atoms with Crippen LogP contribution in [0.15, 0.2) is 0 Å². The van der Waals surface area contributed by atoms with Crippen molar-refractivity contribution in [3.63, 3.8) is 0 Å². The van der Waals surface area contributed by atoms with Crippen molar-refractivity contribution >= 4 is 0 Å². The average molecular weight is 284 g/mol. The van der Waals surface area contributed by atoms with Gasteiger partial charge in [0.25, 0.3) is 0 Å². The van der Waals surface area contributed by atoms with E-state index >= 15 is 0 Å². The molecule has 0 aliphatic heterocycles. The molecule has 1 N–H and O–H groups in total. The summed E-state index contributed by atoms with van der Waals surface area (Å²) in [7, 11) is 0. The predicted molar refractivity (Wildman–Crippen MR) is 88.1 cm³/mol. The van der Waals surface area contributed by atoms with Crippen molar-refractivity contribution in [1.82, 2.24) is 5.32 Å². The Morgan fingerprint density at radius 3 is 2.45 bits per heavy atom. The Bertz CT molecular complexity index is 229. The van der Waals surface area contributed by atoms with E-state index in [0.29, 0.717) is 12.1 Å². The Labute approximate surface area is 127 Å². The van der Waals surface area contributed by atoms with Crippen molar-refractivity contribution in [2.45, 2.75) is 91.2 Å². The lowest BCUT2D eigenvalue weighted by molar-refractivity contribution is -0.0176. The normalized spacial score (nSPS) is 27.1. The monoisotopic (exact) mass is 283 g/mol. The summed E-state index contributed by atoms with van der Waals surface area (Å²) in [6.45, 7) is 11.2. The Kier molecular flexibility index (Phi) is 9.54. The molecule has 0 aromatic carbocycles. The van der Waals surface area contributed by atoms with E-state index in [0.717, 1.165) is 25.0 Å². The molecule has 0 bridgehead atoms. The van der Waals surface area contributed by atoms with E-state index in [1.54, 1.807) is 0 Å². The second kappa shape index (κ2) is 10.6. The molecule has 2 heteroatoms. The molecule has 3 atom stereocenters. The molecular weight excluding hydrogens is 246 g/mol. The zero-order chi connectivity index (χ0) is 14.8. The van der Waals surface area contributed by atoms with E-state index in [1.807, 2.05) is 0 Å². The summed E-state index contributed by atoms with van der Waals surface area (Å²) >= 11 is 0. The molecule has 1 aliphatic carbocycles. The van der Waals surface area contributed by atoms with Crippen LogP contribution in [0.4, 0.5) is 0 Å². The fourth-order valence-electron chi connectivity index (χ4n) is 3.39. The van der Waals surface area contributed by atoms with Crippen LogP contribution in [0.5, 0.6) is 0 Å². The molecule has 0 aromatic heterocycles. The highest BCUT2D eigenvalue weighted by Gasteiger charge is 2.31. The van der Waals surface area contributed by atoms with Crippen molar-refractivity contribution in [2.75, 3.05) is 13.2 Å². The van der Waals surface area contributed by atoms with Crippen LogP contribution in [-0.4, -0.2) is 25.3 Å². The van der Waals surface area contributed by atoms with E-state index in [9.17, 15) is 0 Å². The molecule has 0 radical (unpaired) electrons. The SMILES string of the molecule is CCCCCCCOC1CC(C(C)C)CCC1NCC. The van der Waals surface area contributed by atoms with Crippen molar-refractivity contribution < 1.29 is 4.74 Å². The summed E-state index contributed by atoms with van der Waals surface area (Å²) in [5, 5.41) is 3.63. The highest BCUT2D eigenvalue weighted by Crippen LogP contribution is 2.32. The first-order chi connectivity index (χ1) is 9.69. The van der Waals surface area contributed by atoms with E-state index < -0.39 is 0 Å². The molecule has 1 saturated carbocycles. The Balaban J connectivity index is 2.28. The molecule has 2 nitrogen and oxygen atoms in total. The van der Waals surface area contributed by atoms with Gasteiger partial charge in [0.1, 0.15) is 0 Å². The highest BCUT2D eigenvalue weighted by atomic mass is 16.5. The summed E-state index contributed by atoms with van der Waals surface area (Å²) in [5.41, 5.74) is 0. The van der Waals surface area contributed by atoms with Crippen LogP contribution in [0.25, 0.3) is 0 Å². The number of unbranched alkanes of at least 4 members (excludes halogenated alkanes) is 4. The maximum absolute atomic E-state index is 6.25. The topological polar surface area (TPSA) is 21.3 Å². The maximum Gasteiger partial charge on any atom is 0.0730 e. The van der Waals surface area contributed by atoms with Gasteiger partial charge in [-0.3, -0.25) is 0 Å². The van der Waals surface area contributed by atoms with Gasteiger partial charge in [-0.2, -0.15) is 0 Å². The quantitative estimate of drug-likeness (QED) is 0.583. The van der Waals surface area contributed by atoms with Gasteiger partial charge in [0, 0.05) is 12.6 Å². The number of rotatable bonds is 10. The molecule has 0 aromatic rings. The van der Waals surface area contributed by atoms with Gasteiger partial charge in [-0.05, 0) is 44.1 Å². The number of nitrogens with one attached hydrogen (secondary N) is 1. The third-order valence-electron chi connectivity index (χ3n) is 4.82. The van der Waals surface area contributed by atoms with Crippen LogP contribution in [0, 0.1) is 11.8 Å². The van der Waals surface area contributed by atoms with Crippen LogP contribution in [0.2, 0.25) is 0 Å². The average Bonchev–Trinajstić information content (AvgIpc) is 2.44. The molecule has 0 spiro atoms. The lowest BCUT2D eigenvalue weighted by Crippen LogP contribution is -2.46. The third-order valence-corrected chi connectivity index (χ3v) is 4.82. The molecule has 0 amide bonds. The molecule has 0 saturated heterocycles. The largest absolute Gasteiger partial charge is 0.377 e. The van der Waals surface area contributed by atoms with Crippen LogP contribution in [0.3, 0.4) is 0 Å². The Morgan fingerprint density at radius 2 is 1.80 bits per heavy atom. The molecule has 20 heavy (non-hydrogen) atoms. The van der Waals surface area contributed by atoms with Gasteiger partial charge in [0.05, 0.1) is 6.10 Å². The minimum Gasteiger partial charge on any atom is -0.377 e. The second-order valence-electron chi connectivity index (χ2n) is 6.80. The zero-order valence-corrected chi connectivity index (χ0v) is 14.3. The van der Waals surface area contributed by atoms with E-state index in [4.69, 9.17) is 4.74 Å². The van der Waals surface area contributed by atoms with E-state index in [-0.39, 0.29) is 0 Å². The molecule has 120 valence electrons. The molecule has 1 aliphatic rings. The smallest absolute Gasteiger partial charge is 0.0730 e. The fraction of sp³-hybridized carbons (Fsp3) is 1.00. The first kappa shape index (κ1) is 18.0. The van der Waals surface area contributed by atoms with Crippen molar-refractivity contribution in [3.8, 4) is 0 Å². The van der Waals surface area contributed by atoms with Gasteiger partial charge < -0.3 is 10.1 Å². The Morgan fingerprint density at radius 1 is 1.05 bits per heavy atom. The summed E-state index contributed by atoms with van der Waals surface area (Å²) in [4.78, 5) is 0. The fourth-order valence-corrected chi connectivity index (χ4v) is 3.39. The number of hydrogen-bond acceptors (Lipinski definition) is 2. The summed E-state index contributed by atoms with van der Waals surface area (Å²) in [6, 6.07) is 0.589. The van der Waals surface area contributed by atoms with Crippen LogP contribution in [0.1, 0.15) is 79.1 Å². The molecular formula is C18H37NO. The second-order valence-corrected chi connectivity index (χ2v) is 6.80. The molecule has 0 heterocycles. The van der Waals surface area contributed by atoms with Crippen LogP contribution >= 0.6 is 0 Å². The lowest BCUT2D eigenvalue weighted by atomic mass is 9.78. The van der Waals surface area contributed by atoms with Gasteiger partial charge >= 0.3 is 0 Å². The van der Waals surface area contributed by atoms with Gasteiger partial charge in [0.15, 0.2) is 0 Å². The van der Waals surface area contributed by atoms with Crippen molar-refractivity contribution in [1.29, 1.82) is 0 Å². The predicted octanol–water partition coefficient (Wildman–Crippen LogP) is 4.78. The third kappa shape index (κ3) is 6.58. The number of ether oxygens (including phenoxy) is 1. The minimum atomic E-state index is 0.447. The van der Waals surface area contributed by atoms with Gasteiger partial charge in [-0.15, -0.1) is 0 Å². The van der Waals surface area contributed by atoms with Crippen LogP contribution < -0.4 is 5.32 Å². The molecule has 1 rings (SSSR count). The van der Waals surface area contributed by atoms with Crippen molar-refractivity contribution in [3.05, 3.63) is 0 Å². The van der Waals surface area contributed by atoms with E-state index in [1.165, 1.54) is 51.4 Å². The number of likely N-dealkylation sites (N-methyl/N-ethyl adjacent to an activating group) is 1. The molecule has 1 fully saturated rings. The van der Waals surface area contributed by atoms with Crippen LogP contribution in [-0.2, 0) is 4.74 Å². The standard InChI is InChI=1S/C18H37NO/c1-5-7-8-9-10-13-20-18-14-16(15(3)4)11-12-17(18)19-6-2/h15-19H,5-14H2,1-4H3. The summed E-state index contributed by atoms with van der Waals surface area (Å²) in [5.74, 6) is 1.66. The Hall–Kier alpha value is -0.0800. The van der Waals surface area contributed by atoms with Crippen molar-refractivity contribution in [2.24, 2.45) is 11.8 Å². The summed E-state index contributed by atoms with van der Waals surface area (Å²) in [6.07, 6.45) is 11.0. The van der Waals surface area contributed by atoms with Gasteiger partial charge in [-0.1, -0.05) is 53.4 Å². The zero-order valence-electron chi connectivity index (χ0n) is 14.3. The number of hydrogen-bond donors (Lipinski definition) is 1.